The number of fused-ring (bicyclic) bond motifs is 1. The molecule has 2 fully saturated rings. The van der Waals surface area contributed by atoms with E-state index in [9.17, 15) is 14.7 Å². The summed E-state index contributed by atoms with van der Waals surface area (Å²) in [4.78, 5) is 28.5. The standard InChI is InChI=1S/C25H36N4O4/c1-25(2,3)22(24(32)28-12-8-18(30)9-13-28)26-23(31)21-19-6-4-5-7-20(19)29(27-21)16-17-10-14-33-15-11-17/h4-7,17-18,22,30H,8-16H2,1-3H3,(H,26,31). The van der Waals surface area contributed by atoms with Gasteiger partial charge < -0.3 is 20.1 Å². The minimum atomic E-state index is -0.681. The Morgan fingerprint density at radius 1 is 1.15 bits per heavy atom. The Balaban J connectivity index is 1.56. The van der Waals surface area contributed by atoms with Crippen molar-refractivity contribution >= 4 is 22.7 Å². The Labute approximate surface area is 195 Å². The summed E-state index contributed by atoms with van der Waals surface area (Å²) in [5, 5.41) is 18.3. The molecule has 0 saturated carbocycles. The van der Waals surface area contributed by atoms with Gasteiger partial charge in [0, 0.05) is 38.2 Å². The Kier molecular flexibility index (Phi) is 7.05. The number of ether oxygens (including phenoxy) is 1. The lowest BCUT2D eigenvalue weighted by Gasteiger charge is -2.37. The van der Waals surface area contributed by atoms with Crippen molar-refractivity contribution in [1.29, 1.82) is 0 Å². The van der Waals surface area contributed by atoms with Crippen LogP contribution in [0.15, 0.2) is 24.3 Å². The highest BCUT2D eigenvalue weighted by atomic mass is 16.5. The van der Waals surface area contributed by atoms with Gasteiger partial charge in [0.1, 0.15) is 6.04 Å². The zero-order chi connectivity index (χ0) is 23.6. The molecule has 2 aliphatic rings. The molecule has 2 amide bonds. The minimum Gasteiger partial charge on any atom is -0.393 e. The highest BCUT2D eigenvalue weighted by Gasteiger charge is 2.37. The molecule has 3 heterocycles. The van der Waals surface area contributed by atoms with Gasteiger partial charge in [0.05, 0.1) is 11.6 Å². The van der Waals surface area contributed by atoms with Gasteiger partial charge in [0.15, 0.2) is 5.69 Å². The Morgan fingerprint density at radius 3 is 2.48 bits per heavy atom. The lowest BCUT2D eigenvalue weighted by Crippen LogP contribution is -2.56. The number of aliphatic hydroxyl groups excluding tert-OH is 1. The first-order valence-electron chi connectivity index (χ1n) is 12.0. The summed E-state index contributed by atoms with van der Waals surface area (Å²) < 4.78 is 7.41. The quantitative estimate of drug-likeness (QED) is 0.721. The molecule has 2 aromatic rings. The lowest BCUT2D eigenvalue weighted by molar-refractivity contribution is -0.137. The predicted molar refractivity (Wildman–Crippen MR) is 126 cm³/mol. The summed E-state index contributed by atoms with van der Waals surface area (Å²) in [6, 6.07) is 7.09. The maximum Gasteiger partial charge on any atom is 0.273 e. The van der Waals surface area contributed by atoms with Crippen LogP contribution in [0.25, 0.3) is 10.9 Å². The van der Waals surface area contributed by atoms with E-state index in [2.05, 4.69) is 5.32 Å². The number of nitrogens with zero attached hydrogens (tertiary/aromatic N) is 3. The minimum absolute atomic E-state index is 0.103. The van der Waals surface area contributed by atoms with Crippen LogP contribution < -0.4 is 5.32 Å². The number of carbonyl (C=O) groups is 2. The first kappa shape index (κ1) is 23.7. The molecular formula is C25H36N4O4. The number of para-hydroxylation sites is 1. The van der Waals surface area contributed by atoms with Crippen LogP contribution >= 0.6 is 0 Å². The summed E-state index contributed by atoms with van der Waals surface area (Å²) in [7, 11) is 0. The molecule has 1 unspecified atom stereocenters. The summed E-state index contributed by atoms with van der Waals surface area (Å²) in [5.74, 6) is 0.0345. The van der Waals surface area contributed by atoms with Crippen molar-refractivity contribution in [2.24, 2.45) is 11.3 Å². The average Bonchev–Trinajstić information content (AvgIpc) is 3.16. The molecule has 4 rings (SSSR count). The van der Waals surface area contributed by atoms with Gasteiger partial charge in [-0.3, -0.25) is 14.3 Å². The normalized spacial score (nSPS) is 19.6. The molecule has 8 nitrogen and oxygen atoms in total. The number of likely N-dealkylation sites (tertiary alicyclic amines) is 1. The maximum absolute atomic E-state index is 13.4. The van der Waals surface area contributed by atoms with E-state index >= 15 is 0 Å². The second-order valence-electron chi connectivity index (χ2n) is 10.4. The van der Waals surface area contributed by atoms with Crippen LogP contribution in [0.1, 0.15) is 56.9 Å². The maximum atomic E-state index is 13.4. The van der Waals surface area contributed by atoms with E-state index in [0.29, 0.717) is 37.5 Å². The first-order chi connectivity index (χ1) is 15.7. The third-order valence-electron chi connectivity index (χ3n) is 6.81. The number of hydrogen-bond donors (Lipinski definition) is 2. The third-order valence-corrected chi connectivity index (χ3v) is 6.81. The monoisotopic (exact) mass is 456 g/mol. The van der Waals surface area contributed by atoms with E-state index in [0.717, 1.165) is 43.5 Å². The number of benzene rings is 1. The van der Waals surface area contributed by atoms with Crippen molar-refractivity contribution in [3.8, 4) is 0 Å². The Morgan fingerprint density at radius 2 is 1.82 bits per heavy atom. The summed E-state index contributed by atoms with van der Waals surface area (Å²) in [6.07, 6.45) is 2.75. The summed E-state index contributed by atoms with van der Waals surface area (Å²) >= 11 is 0. The number of hydrogen-bond acceptors (Lipinski definition) is 5. The van der Waals surface area contributed by atoms with Crippen LogP contribution in [0.4, 0.5) is 0 Å². The topological polar surface area (TPSA) is 96.7 Å². The van der Waals surface area contributed by atoms with Crippen molar-refractivity contribution in [2.45, 2.75) is 65.1 Å². The molecule has 180 valence electrons. The first-order valence-corrected chi connectivity index (χ1v) is 12.0. The van der Waals surface area contributed by atoms with Crippen LogP contribution in [-0.2, 0) is 16.1 Å². The van der Waals surface area contributed by atoms with Gasteiger partial charge in [0.25, 0.3) is 5.91 Å². The number of aromatic nitrogens is 2. The molecule has 0 aliphatic carbocycles. The van der Waals surface area contributed by atoms with Gasteiger partial charge >= 0.3 is 0 Å². The Bertz CT molecular complexity index is 982. The molecule has 1 atom stereocenters. The van der Waals surface area contributed by atoms with Crippen LogP contribution in [0.3, 0.4) is 0 Å². The number of amides is 2. The zero-order valence-electron chi connectivity index (χ0n) is 19.9. The molecule has 1 aromatic heterocycles. The van der Waals surface area contributed by atoms with Crippen LogP contribution in [0.2, 0.25) is 0 Å². The van der Waals surface area contributed by atoms with Crippen molar-refractivity contribution in [2.75, 3.05) is 26.3 Å². The zero-order valence-corrected chi connectivity index (χ0v) is 19.9. The number of carbonyl (C=O) groups excluding carboxylic acids is 2. The Hall–Kier alpha value is -2.45. The van der Waals surface area contributed by atoms with Gasteiger partial charge in [-0.05, 0) is 43.1 Å². The molecule has 8 heteroatoms. The summed E-state index contributed by atoms with van der Waals surface area (Å²) in [5.41, 5.74) is 0.815. The van der Waals surface area contributed by atoms with Gasteiger partial charge in [-0.15, -0.1) is 0 Å². The van der Waals surface area contributed by atoms with E-state index in [1.807, 2.05) is 49.7 Å². The van der Waals surface area contributed by atoms with Crippen LogP contribution in [0.5, 0.6) is 0 Å². The smallest absolute Gasteiger partial charge is 0.273 e. The molecule has 2 N–H and O–H groups in total. The van der Waals surface area contributed by atoms with Crippen LogP contribution in [0, 0.1) is 11.3 Å². The fourth-order valence-electron chi connectivity index (χ4n) is 4.72. The predicted octanol–water partition coefficient (Wildman–Crippen LogP) is 2.59. The van der Waals surface area contributed by atoms with Gasteiger partial charge in [-0.1, -0.05) is 39.0 Å². The van der Waals surface area contributed by atoms with E-state index in [4.69, 9.17) is 9.84 Å². The number of nitrogens with one attached hydrogen (secondary N) is 1. The number of rotatable bonds is 5. The highest BCUT2D eigenvalue weighted by molar-refractivity contribution is 6.06. The number of aliphatic hydroxyl groups is 1. The molecule has 0 radical (unpaired) electrons. The van der Waals surface area contributed by atoms with Crippen molar-refractivity contribution in [3.05, 3.63) is 30.0 Å². The molecule has 0 bridgehead atoms. The molecule has 1 aromatic carbocycles. The number of piperidine rings is 1. The van der Waals surface area contributed by atoms with Crippen LogP contribution in [-0.4, -0.2) is 70.1 Å². The van der Waals surface area contributed by atoms with E-state index in [-0.39, 0.29) is 17.9 Å². The lowest BCUT2D eigenvalue weighted by atomic mass is 9.85. The van der Waals surface area contributed by atoms with E-state index < -0.39 is 11.5 Å². The SMILES string of the molecule is CC(C)(C)C(NC(=O)c1nn(CC2CCOCC2)c2ccccc12)C(=O)N1CCC(O)CC1. The molecular weight excluding hydrogens is 420 g/mol. The highest BCUT2D eigenvalue weighted by Crippen LogP contribution is 2.26. The molecule has 33 heavy (non-hydrogen) atoms. The molecule has 2 aliphatic heterocycles. The van der Waals surface area contributed by atoms with Gasteiger partial charge in [-0.2, -0.15) is 5.10 Å². The molecule has 0 spiro atoms. The fourth-order valence-corrected chi connectivity index (χ4v) is 4.72. The largest absolute Gasteiger partial charge is 0.393 e. The molecule has 2 saturated heterocycles. The average molecular weight is 457 g/mol. The summed E-state index contributed by atoms with van der Waals surface area (Å²) in [6.45, 7) is 9.15. The van der Waals surface area contributed by atoms with Crippen molar-refractivity contribution in [1.82, 2.24) is 20.0 Å². The van der Waals surface area contributed by atoms with E-state index in [1.54, 1.807) is 4.90 Å². The van der Waals surface area contributed by atoms with Crippen molar-refractivity contribution < 1.29 is 19.4 Å². The van der Waals surface area contributed by atoms with Crippen molar-refractivity contribution in [3.63, 3.8) is 0 Å². The third kappa shape index (κ3) is 5.38. The second kappa shape index (κ2) is 9.81. The van der Waals surface area contributed by atoms with Gasteiger partial charge in [0.2, 0.25) is 5.91 Å². The fraction of sp³-hybridized carbons (Fsp3) is 0.640. The van der Waals surface area contributed by atoms with E-state index in [1.165, 1.54) is 0 Å². The van der Waals surface area contributed by atoms with Gasteiger partial charge in [-0.25, -0.2) is 0 Å². The second-order valence-corrected chi connectivity index (χ2v) is 10.4.